The van der Waals surface area contributed by atoms with Crippen LogP contribution in [-0.4, -0.2) is 12.9 Å². The number of benzene rings is 2. The number of para-hydroxylation sites is 1. The van der Waals surface area contributed by atoms with Crippen molar-refractivity contribution >= 4 is 5.78 Å². The van der Waals surface area contributed by atoms with Gasteiger partial charge in [-0.2, -0.15) is 0 Å². The molecule has 0 saturated carbocycles. The van der Waals surface area contributed by atoms with E-state index >= 15 is 0 Å². The van der Waals surface area contributed by atoms with Crippen molar-refractivity contribution in [2.75, 3.05) is 7.11 Å². The van der Waals surface area contributed by atoms with Crippen molar-refractivity contribution in [3.8, 4) is 16.9 Å². The van der Waals surface area contributed by atoms with E-state index in [9.17, 15) is 4.79 Å². The molecule has 0 amide bonds. The van der Waals surface area contributed by atoms with Gasteiger partial charge in [-0.15, -0.1) is 0 Å². The van der Waals surface area contributed by atoms with Crippen molar-refractivity contribution in [3.05, 3.63) is 54.1 Å². The highest BCUT2D eigenvalue weighted by Gasteiger charge is 2.05. The first kappa shape index (κ1) is 13.3. The fourth-order valence-electron chi connectivity index (χ4n) is 2.10. The zero-order valence-electron chi connectivity index (χ0n) is 11.3. The van der Waals surface area contributed by atoms with Crippen LogP contribution in [0.2, 0.25) is 0 Å². The average Bonchev–Trinajstić information content (AvgIpc) is 2.45. The van der Waals surface area contributed by atoms with Gasteiger partial charge in [0.15, 0.2) is 0 Å². The van der Waals surface area contributed by atoms with Gasteiger partial charge in [0.1, 0.15) is 11.5 Å². The molecule has 0 fully saturated rings. The highest BCUT2D eigenvalue weighted by molar-refractivity contribution is 5.76. The quantitative estimate of drug-likeness (QED) is 0.809. The lowest BCUT2D eigenvalue weighted by atomic mass is 10.00. The van der Waals surface area contributed by atoms with Gasteiger partial charge in [0.25, 0.3) is 0 Å². The molecule has 0 aliphatic heterocycles. The van der Waals surface area contributed by atoms with Crippen LogP contribution in [0, 0.1) is 0 Å². The molecular formula is C17H18O2. The molecule has 2 nitrogen and oxygen atoms in total. The highest BCUT2D eigenvalue weighted by atomic mass is 16.5. The number of carbonyl (C=O) groups excluding carboxylic acids is 1. The minimum absolute atomic E-state index is 0.225. The zero-order valence-corrected chi connectivity index (χ0v) is 11.3. The predicted molar refractivity (Wildman–Crippen MR) is 77.4 cm³/mol. The van der Waals surface area contributed by atoms with Crippen molar-refractivity contribution in [3.63, 3.8) is 0 Å². The Morgan fingerprint density at radius 2 is 1.89 bits per heavy atom. The summed E-state index contributed by atoms with van der Waals surface area (Å²) in [6.45, 7) is 1.63. The molecule has 0 aromatic heterocycles. The molecule has 0 aliphatic carbocycles. The Morgan fingerprint density at radius 3 is 2.63 bits per heavy atom. The maximum absolute atomic E-state index is 11.1. The number of hydrogen-bond acceptors (Lipinski definition) is 2. The average molecular weight is 254 g/mol. The first-order chi connectivity index (χ1) is 9.20. The van der Waals surface area contributed by atoms with E-state index in [1.165, 1.54) is 5.56 Å². The summed E-state index contributed by atoms with van der Waals surface area (Å²) in [5.74, 6) is 1.09. The second-order valence-electron chi connectivity index (χ2n) is 4.60. The van der Waals surface area contributed by atoms with Crippen LogP contribution in [0.4, 0.5) is 0 Å². The van der Waals surface area contributed by atoms with E-state index in [0.29, 0.717) is 6.42 Å². The van der Waals surface area contributed by atoms with Gasteiger partial charge < -0.3 is 9.53 Å². The second kappa shape index (κ2) is 6.19. The fourth-order valence-corrected chi connectivity index (χ4v) is 2.10. The van der Waals surface area contributed by atoms with Gasteiger partial charge in [0.2, 0.25) is 0 Å². The lowest BCUT2D eigenvalue weighted by molar-refractivity contribution is -0.116. The monoisotopic (exact) mass is 254 g/mol. The van der Waals surface area contributed by atoms with Gasteiger partial charge in [0, 0.05) is 12.0 Å². The Morgan fingerprint density at radius 1 is 1.11 bits per heavy atom. The van der Waals surface area contributed by atoms with E-state index in [1.807, 2.05) is 30.3 Å². The van der Waals surface area contributed by atoms with Gasteiger partial charge in [-0.25, -0.2) is 0 Å². The largest absolute Gasteiger partial charge is 0.496 e. The maximum Gasteiger partial charge on any atom is 0.130 e. The molecule has 98 valence electrons. The van der Waals surface area contributed by atoms with Gasteiger partial charge in [-0.3, -0.25) is 0 Å². The fraction of sp³-hybridized carbons (Fsp3) is 0.235. The van der Waals surface area contributed by atoms with E-state index in [-0.39, 0.29) is 5.78 Å². The maximum atomic E-state index is 11.1. The van der Waals surface area contributed by atoms with Gasteiger partial charge >= 0.3 is 0 Å². The van der Waals surface area contributed by atoms with Crippen LogP contribution < -0.4 is 4.74 Å². The molecule has 0 atom stereocenters. The van der Waals surface area contributed by atoms with Crippen LogP contribution in [0.3, 0.4) is 0 Å². The minimum atomic E-state index is 0.225. The van der Waals surface area contributed by atoms with E-state index in [0.717, 1.165) is 23.3 Å². The molecule has 0 aliphatic rings. The summed E-state index contributed by atoms with van der Waals surface area (Å²) >= 11 is 0. The summed E-state index contributed by atoms with van der Waals surface area (Å²) < 4.78 is 5.38. The Labute approximate surface area is 114 Å². The third-order valence-electron chi connectivity index (χ3n) is 3.11. The number of carbonyl (C=O) groups is 1. The second-order valence-corrected chi connectivity index (χ2v) is 4.60. The Hall–Kier alpha value is -2.09. The molecule has 0 bridgehead atoms. The first-order valence-electron chi connectivity index (χ1n) is 6.42. The molecule has 0 radical (unpaired) electrons. The van der Waals surface area contributed by atoms with Crippen LogP contribution >= 0.6 is 0 Å². The molecule has 0 N–H and O–H groups in total. The number of hydrogen-bond donors (Lipinski definition) is 0. The van der Waals surface area contributed by atoms with E-state index in [4.69, 9.17) is 4.74 Å². The molecule has 2 rings (SSSR count). The number of aryl methyl sites for hydroxylation is 1. The Kier molecular flexibility index (Phi) is 4.35. The van der Waals surface area contributed by atoms with Crippen molar-refractivity contribution < 1.29 is 9.53 Å². The van der Waals surface area contributed by atoms with Crippen molar-refractivity contribution in [1.29, 1.82) is 0 Å². The lowest BCUT2D eigenvalue weighted by Gasteiger charge is -2.09. The molecule has 0 spiro atoms. The zero-order chi connectivity index (χ0) is 13.7. The van der Waals surface area contributed by atoms with Crippen molar-refractivity contribution in [1.82, 2.24) is 0 Å². The number of ketones is 1. The molecule has 2 heteroatoms. The summed E-state index contributed by atoms with van der Waals surface area (Å²) in [5.41, 5.74) is 3.38. The van der Waals surface area contributed by atoms with Crippen LogP contribution in [-0.2, 0) is 11.2 Å². The lowest BCUT2D eigenvalue weighted by Crippen LogP contribution is -1.94. The standard InChI is InChI=1S/C17H18O2/c1-13(18)10-11-14-6-5-7-15(12-14)16-8-3-4-9-17(16)19-2/h3-9,12H,10-11H2,1-2H3. The Bertz CT molecular complexity index is 573. The molecular weight excluding hydrogens is 236 g/mol. The Balaban J connectivity index is 2.29. The smallest absolute Gasteiger partial charge is 0.130 e. The molecule has 19 heavy (non-hydrogen) atoms. The number of ether oxygens (including phenoxy) is 1. The third kappa shape index (κ3) is 3.44. The molecule has 0 heterocycles. The van der Waals surface area contributed by atoms with Crippen LogP contribution in [0.5, 0.6) is 5.75 Å². The van der Waals surface area contributed by atoms with E-state index in [2.05, 4.69) is 18.2 Å². The number of Topliss-reactive ketones (excluding diaryl/α,β-unsaturated/α-hetero) is 1. The van der Waals surface area contributed by atoms with Gasteiger partial charge in [-0.1, -0.05) is 42.5 Å². The molecule has 2 aromatic rings. The predicted octanol–water partition coefficient (Wildman–Crippen LogP) is 3.88. The minimum Gasteiger partial charge on any atom is -0.496 e. The van der Waals surface area contributed by atoms with Crippen molar-refractivity contribution in [2.24, 2.45) is 0 Å². The van der Waals surface area contributed by atoms with E-state index in [1.54, 1.807) is 14.0 Å². The van der Waals surface area contributed by atoms with Crippen LogP contribution in [0.1, 0.15) is 18.9 Å². The van der Waals surface area contributed by atoms with E-state index < -0.39 is 0 Å². The summed E-state index contributed by atoms with van der Waals surface area (Å²) in [4.78, 5) is 11.1. The molecule has 0 saturated heterocycles. The highest BCUT2D eigenvalue weighted by Crippen LogP contribution is 2.30. The van der Waals surface area contributed by atoms with Crippen LogP contribution in [0.15, 0.2) is 48.5 Å². The summed E-state index contributed by atoms with van der Waals surface area (Å²) in [7, 11) is 1.68. The topological polar surface area (TPSA) is 26.3 Å². The number of methoxy groups -OCH3 is 1. The number of rotatable bonds is 5. The van der Waals surface area contributed by atoms with Crippen LogP contribution in [0.25, 0.3) is 11.1 Å². The van der Waals surface area contributed by atoms with Gasteiger partial charge in [-0.05, 0) is 30.5 Å². The molecule has 2 aromatic carbocycles. The third-order valence-corrected chi connectivity index (χ3v) is 3.11. The normalized spacial score (nSPS) is 10.2. The molecule has 0 unspecified atom stereocenters. The first-order valence-corrected chi connectivity index (χ1v) is 6.42. The summed E-state index contributed by atoms with van der Waals surface area (Å²) in [6, 6.07) is 16.2. The SMILES string of the molecule is COc1ccccc1-c1cccc(CCC(C)=O)c1. The summed E-state index contributed by atoms with van der Waals surface area (Å²) in [6.07, 6.45) is 1.38. The van der Waals surface area contributed by atoms with Crippen molar-refractivity contribution in [2.45, 2.75) is 19.8 Å². The summed E-state index contributed by atoms with van der Waals surface area (Å²) in [5, 5.41) is 0. The van der Waals surface area contributed by atoms with Gasteiger partial charge in [0.05, 0.1) is 7.11 Å².